The molecule has 1 atom stereocenters. The summed E-state index contributed by atoms with van der Waals surface area (Å²) in [5.74, 6) is 0.676. The molecule has 0 aliphatic carbocycles. The van der Waals surface area contributed by atoms with Crippen molar-refractivity contribution in [3.8, 4) is 0 Å². The fourth-order valence-electron chi connectivity index (χ4n) is 2.38. The SMILES string of the molecule is CN(C)c1ccccc1N(C)C[C@H]1CCOC1. The van der Waals surface area contributed by atoms with Crippen molar-refractivity contribution in [1.29, 1.82) is 0 Å². The molecule has 0 N–H and O–H groups in total. The van der Waals surface area contributed by atoms with Crippen LogP contribution in [0.2, 0.25) is 0 Å². The van der Waals surface area contributed by atoms with E-state index in [0.717, 1.165) is 19.8 Å². The molecule has 0 spiro atoms. The van der Waals surface area contributed by atoms with E-state index >= 15 is 0 Å². The van der Waals surface area contributed by atoms with Crippen molar-refractivity contribution < 1.29 is 4.74 Å². The minimum atomic E-state index is 0.676. The van der Waals surface area contributed by atoms with Crippen LogP contribution < -0.4 is 9.80 Å². The second kappa shape index (κ2) is 5.41. The van der Waals surface area contributed by atoms with Crippen LogP contribution >= 0.6 is 0 Å². The van der Waals surface area contributed by atoms with Gasteiger partial charge in [-0.05, 0) is 18.6 Å². The molecule has 0 amide bonds. The molecule has 1 aromatic carbocycles. The van der Waals surface area contributed by atoms with E-state index in [2.05, 4.69) is 55.2 Å². The van der Waals surface area contributed by atoms with Gasteiger partial charge in [0, 0.05) is 40.2 Å². The summed E-state index contributed by atoms with van der Waals surface area (Å²) in [6, 6.07) is 8.54. The van der Waals surface area contributed by atoms with Gasteiger partial charge < -0.3 is 14.5 Å². The first-order valence-electron chi connectivity index (χ1n) is 6.23. The summed E-state index contributed by atoms with van der Waals surface area (Å²) >= 11 is 0. The van der Waals surface area contributed by atoms with Crippen molar-refractivity contribution in [2.75, 3.05) is 50.7 Å². The Bertz CT molecular complexity index is 359. The van der Waals surface area contributed by atoms with Gasteiger partial charge in [0.15, 0.2) is 0 Å². The molecule has 0 saturated carbocycles. The molecule has 1 aliphatic heterocycles. The van der Waals surface area contributed by atoms with Crippen LogP contribution in [-0.2, 0) is 4.74 Å². The Balaban J connectivity index is 2.09. The number of anilines is 2. The fourth-order valence-corrected chi connectivity index (χ4v) is 2.38. The van der Waals surface area contributed by atoms with Crippen LogP contribution in [0.3, 0.4) is 0 Å². The molecule has 3 nitrogen and oxygen atoms in total. The van der Waals surface area contributed by atoms with Gasteiger partial charge in [-0.15, -0.1) is 0 Å². The molecule has 3 heteroatoms. The number of ether oxygens (including phenoxy) is 1. The average molecular weight is 234 g/mol. The van der Waals surface area contributed by atoms with Gasteiger partial charge in [-0.25, -0.2) is 0 Å². The van der Waals surface area contributed by atoms with Gasteiger partial charge in [-0.1, -0.05) is 12.1 Å². The highest BCUT2D eigenvalue weighted by molar-refractivity contribution is 5.70. The Kier molecular flexibility index (Phi) is 3.89. The van der Waals surface area contributed by atoms with E-state index < -0.39 is 0 Å². The van der Waals surface area contributed by atoms with Crippen LogP contribution in [0.25, 0.3) is 0 Å². The third-order valence-corrected chi connectivity index (χ3v) is 3.33. The van der Waals surface area contributed by atoms with Crippen LogP contribution in [-0.4, -0.2) is 40.9 Å². The Morgan fingerprint density at radius 2 is 1.88 bits per heavy atom. The van der Waals surface area contributed by atoms with Gasteiger partial charge in [0.1, 0.15) is 0 Å². The van der Waals surface area contributed by atoms with Crippen molar-refractivity contribution in [1.82, 2.24) is 0 Å². The zero-order valence-corrected chi connectivity index (χ0v) is 11.0. The van der Waals surface area contributed by atoms with Crippen molar-refractivity contribution in [3.63, 3.8) is 0 Å². The van der Waals surface area contributed by atoms with E-state index in [4.69, 9.17) is 4.74 Å². The predicted molar refractivity (Wildman–Crippen MR) is 73.0 cm³/mol. The minimum absolute atomic E-state index is 0.676. The summed E-state index contributed by atoms with van der Waals surface area (Å²) in [4.78, 5) is 4.51. The van der Waals surface area contributed by atoms with Gasteiger partial charge >= 0.3 is 0 Å². The molecular formula is C14H22N2O. The Morgan fingerprint density at radius 3 is 2.47 bits per heavy atom. The molecule has 1 aromatic rings. The van der Waals surface area contributed by atoms with E-state index in [-0.39, 0.29) is 0 Å². The summed E-state index contributed by atoms with van der Waals surface area (Å²) in [5.41, 5.74) is 2.57. The Labute approximate surface area is 104 Å². The first-order valence-corrected chi connectivity index (χ1v) is 6.23. The maximum Gasteiger partial charge on any atom is 0.0601 e. The average Bonchev–Trinajstić information content (AvgIpc) is 2.81. The number of rotatable bonds is 4. The van der Waals surface area contributed by atoms with Crippen molar-refractivity contribution >= 4 is 11.4 Å². The summed E-state index contributed by atoms with van der Waals surface area (Å²) in [6.07, 6.45) is 1.19. The highest BCUT2D eigenvalue weighted by atomic mass is 16.5. The van der Waals surface area contributed by atoms with E-state index in [1.54, 1.807) is 0 Å². The Hall–Kier alpha value is -1.22. The second-order valence-corrected chi connectivity index (χ2v) is 4.99. The maximum atomic E-state index is 5.43. The van der Waals surface area contributed by atoms with Gasteiger partial charge in [0.05, 0.1) is 18.0 Å². The molecule has 0 bridgehead atoms. The molecular weight excluding hydrogens is 212 g/mol. The lowest BCUT2D eigenvalue weighted by Gasteiger charge is -2.27. The van der Waals surface area contributed by atoms with Gasteiger partial charge in [-0.2, -0.15) is 0 Å². The highest BCUT2D eigenvalue weighted by Gasteiger charge is 2.18. The fraction of sp³-hybridized carbons (Fsp3) is 0.571. The molecule has 0 radical (unpaired) electrons. The van der Waals surface area contributed by atoms with E-state index in [1.807, 2.05) is 0 Å². The van der Waals surface area contributed by atoms with Gasteiger partial charge in [0.2, 0.25) is 0 Å². The van der Waals surface area contributed by atoms with Gasteiger partial charge in [0.25, 0.3) is 0 Å². The molecule has 0 unspecified atom stereocenters. The Morgan fingerprint density at radius 1 is 1.18 bits per heavy atom. The minimum Gasteiger partial charge on any atom is -0.381 e. The van der Waals surface area contributed by atoms with E-state index in [0.29, 0.717) is 5.92 Å². The molecule has 2 rings (SSSR count). The second-order valence-electron chi connectivity index (χ2n) is 4.99. The molecule has 0 aromatic heterocycles. The number of hydrogen-bond acceptors (Lipinski definition) is 3. The third kappa shape index (κ3) is 2.91. The monoisotopic (exact) mass is 234 g/mol. The number of hydrogen-bond donors (Lipinski definition) is 0. The lowest BCUT2D eigenvalue weighted by atomic mass is 10.1. The van der Waals surface area contributed by atoms with Crippen molar-refractivity contribution in [2.45, 2.75) is 6.42 Å². The lowest BCUT2D eigenvalue weighted by molar-refractivity contribution is 0.186. The lowest BCUT2D eigenvalue weighted by Crippen LogP contribution is -2.27. The summed E-state index contributed by atoms with van der Waals surface area (Å²) < 4.78 is 5.43. The van der Waals surface area contributed by atoms with Crippen LogP contribution in [0, 0.1) is 5.92 Å². The van der Waals surface area contributed by atoms with Crippen LogP contribution in [0.1, 0.15) is 6.42 Å². The van der Waals surface area contributed by atoms with E-state index in [1.165, 1.54) is 17.8 Å². The third-order valence-electron chi connectivity index (χ3n) is 3.33. The largest absolute Gasteiger partial charge is 0.381 e. The molecule has 17 heavy (non-hydrogen) atoms. The van der Waals surface area contributed by atoms with Crippen LogP contribution in [0.4, 0.5) is 11.4 Å². The molecule has 1 fully saturated rings. The molecule has 1 saturated heterocycles. The van der Waals surface area contributed by atoms with Crippen LogP contribution in [0.5, 0.6) is 0 Å². The normalized spacial score (nSPS) is 19.4. The van der Waals surface area contributed by atoms with Crippen molar-refractivity contribution in [3.05, 3.63) is 24.3 Å². The number of para-hydroxylation sites is 2. The highest BCUT2D eigenvalue weighted by Crippen LogP contribution is 2.28. The predicted octanol–water partition coefficient (Wildman–Crippen LogP) is 2.23. The van der Waals surface area contributed by atoms with Crippen molar-refractivity contribution in [2.24, 2.45) is 5.92 Å². The summed E-state index contributed by atoms with van der Waals surface area (Å²) in [6.45, 7) is 2.91. The zero-order chi connectivity index (χ0) is 12.3. The smallest absolute Gasteiger partial charge is 0.0601 e. The topological polar surface area (TPSA) is 15.7 Å². The van der Waals surface area contributed by atoms with Gasteiger partial charge in [-0.3, -0.25) is 0 Å². The first-order chi connectivity index (χ1) is 8.18. The first kappa shape index (κ1) is 12.2. The zero-order valence-electron chi connectivity index (χ0n) is 11.0. The van der Waals surface area contributed by atoms with E-state index in [9.17, 15) is 0 Å². The summed E-state index contributed by atoms with van der Waals surface area (Å²) in [5, 5.41) is 0. The quantitative estimate of drug-likeness (QED) is 0.794. The summed E-state index contributed by atoms with van der Waals surface area (Å²) in [7, 11) is 6.34. The molecule has 1 heterocycles. The number of nitrogens with zero attached hydrogens (tertiary/aromatic N) is 2. The molecule has 1 aliphatic rings. The van der Waals surface area contributed by atoms with Crippen LogP contribution in [0.15, 0.2) is 24.3 Å². The molecule has 94 valence electrons. The maximum absolute atomic E-state index is 5.43. The number of benzene rings is 1. The standard InChI is InChI=1S/C14H22N2O/c1-15(2)13-6-4-5-7-14(13)16(3)10-12-8-9-17-11-12/h4-7,12H,8-11H2,1-3H3/t12-/m1/s1.